The fraction of sp³-hybridized carbons (Fsp3) is 0.632. The van der Waals surface area contributed by atoms with Crippen LogP contribution in [0.4, 0.5) is 0 Å². The van der Waals surface area contributed by atoms with Crippen molar-refractivity contribution < 1.29 is 14.3 Å². The molecule has 0 aromatic carbocycles. The third-order valence-corrected chi connectivity index (χ3v) is 4.32. The summed E-state index contributed by atoms with van der Waals surface area (Å²) in [6.07, 6.45) is 11.4. The lowest BCUT2D eigenvalue weighted by Gasteiger charge is -2.20. The van der Waals surface area contributed by atoms with Gasteiger partial charge in [0.2, 0.25) is 5.91 Å². The molecule has 0 saturated carbocycles. The largest absolute Gasteiger partial charge is 0.469 e. The topological polar surface area (TPSA) is 67.8 Å². The zero-order valence-corrected chi connectivity index (χ0v) is 15.0. The fourth-order valence-corrected chi connectivity index (χ4v) is 2.67. The first-order valence-electron chi connectivity index (χ1n) is 8.76. The van der Waals surface area contributed by atoms with Crippen molar-refractivity contribution in [2.75, 3.05) is 7.11 Å². The zero-order chi connectivity index (χ0) is 17.8. The molecule has 0 radical (unpaired) electrons. The van der Waals surface area contributed by atoms with E-state index in [0.29, 0.717) is 18.8 Å². The van der Waals surface area contributed by atoms with Crippen LogP contribution in [0.3, 0.4) is 0 Å². The molecule has 0 saturated heterocycles. The molecule has 0 aromatic rings. The number of ether oxygens (including phenoxy) is 1. The smallest absolute Gasteiger partial charge is 0.305 e. The molecule has 0 aliphatic heterocycles. The van der Waals surface area contributed by atoms with Crippen molar-refractivity contribution >= 4 is 18.1 Å². The lowest BCUT2D eigenvalue weighted by Crippen LogP contribution is -2.17. The Balaban J connectivity index is 2.09. The van der Waals surface area contributed by atoms with Crippen molar-refractivity contribution in [3.63, 3.8) is 0 Å². The summed E-state index contributed by atoms with van der Waals surface area (Å²) in [6, 6.07) is 0. The van der Waals surface area contributed by atoms with Crippen molar-refractivity contribution in [3.8, 4) is 0 Å². The maximum atomic E-state index is 11.7. The number of hydrazone groups is 1. The van der Waals surface area contributed by atoms with Gasteiger partial charge < -0.3 is 4.74 Å². The number of esters is 1. The predicted octanol–water partition coefficient (Wildman–Crippen LogP) is 3.90. The molecule has 1 aliphatic carbocycles. The normalized spacial score (nSPS) is 17.4. The monoisotopic (exact) mass is 334 g/mol. The molecule has 1 amide bonds. The molecule has 24 heavy (non-hydrogen) atoms. The van der Waals surface area contributed by atoms with Gasteiger partial charge in [-0.05, 0) is 50.5 Å². The quantitative estimate of drug-likeness (QED) is 0.216. The highest BCUT2D eigenvalue weighted by Crippen LogP contribution is 2.27. The summed E-state index contributed by atoms with van der Waals surface area (Å²) in [6.45, 7) is 6.08. The van der Waals surface area contributed by atoms with Gasteiger partial charge >= 0.3 is 5.97 Å². The van der Waals surface area contributed by atoms with E-state index in [0.717, 1.165) is 44.9 Å². The van der Waals surface area contributed by atoms with Crippen LogP contribution in [-0.2, 0) is 14.3 Å². The van der Waals surface area contributed by atoms with E-state index in [2.05, 4.69) is 34.8 Å². The number of carbonyl (C=O) groups excluding carboxylic acids is 2. The van der Waals surface area contributed by atoms with Crippen LogP contribution in [0.15, 0.2) is 28.9 Å². The molecular formula is C19H30N2O3. The van der Waals surface area contributed by atoms with Crippen LogP contribution in [0, 0.1) is 5.92 Å². The average Bonchev–Trinajstić information content (AvgIpc) is 2.58. The lowest BCUT2D eigenvalue weighted by atomic mass is 9.86. The number of allylic oxidation sites excluding steroid dienone is 3. The summed E-state index contributed by atoms with van der Waals surface area (Å²) in [7, 11) is 1.40. The van der Waals surface area contributed by atoms with Gasteiger partial charge in [0, 0.05) is 12.8 Å². The van der Waals surface area contributed by atoms with Crippen molar-refractivity contribution in [1.29, 1.82) is 0 Å². The number of nitrogens with zero attached hydrogens (tertiary/aromatic N) is 1. The summed E-state index contributed by atoms with van der Waals surface area (Å²) < 4.78 is 4.58. The fourth-order valence-electron chi connectivity index (χ4n) is 2.67. The number of methoxy groups -OCH3 is 1. The van der Waals surface area contributed by atoms with Gasteiger partial charge in [-0.1, -0.05) is 31.1 Å². The molecular weight excluding hydrogens is 304 g/mol. The third-order valence-electron chi connectivity index (χ3n) is 4.32. The summed E-state index contributed by atoms with van der Waals surface area (Å²) in [5.41, 5.74) is 4.99. The SMILES string of the molecule is C=C(C)[C@@H]1CC=C(/C=N/NC(=O)CCCCCCC(=O)OC)CC1. The van der Waals surface area contributed by atoms with E-state index in [1.54, 1.807) is 6.21 Å². The molecule has 0 spiro atoms. The molecule has 0 bridgehead atoms. The second-order valence-electron chi connectivity index (χ2n) is 6.38. The van der Waals surface area contributed by atoms with Crippen LogP contribution in [-0.4, -0.2) is 25.2 Å². The number of amides is 1. The summed E-state index contributed by atoms with van der Waals surface area (Å²) >= 11 is 0. The summed E-state index contributed by atoms with van der Waals surface area (Å²) in [4.78, 5) is 22.6. The van der Waals surface area contributed by atoms with E-state index >= 15 is 0 Å². The van der Waals surface area contributed by atoms with Gasteiger partial charge in [-0.25, -0.2) is 5.43 Å². The minimum Gasteiger partial charge on any atom is -0.469 e. The van der Waals surface area contributed by atoms with Crippen molar-refractivity contribution in [2.45, 2.75) is 64.7 Å². The Kier molecular flexibility index (Phi) is 9.73. The number of carbonyl (C=O) groups is 2. The highest BCUT2D eigenvalue weighted by atomic mass is 16.5. The molecule has 1 aliphatic rings. The second kappa shape index (κ2) is 11.6. The van der Waals surface area contributed by atoms with E-state index in [1.807, 2.05) is 0 Å². The van der Waals surface area contributed by atoms with E-state index in [9.17, 15) is 9.59 Å². The highest BCUT2D eigenvalue weighted by molar-refractivity contribution is 5.81. The van der Waals surface area contributed by atoms with Gasteiger partial charge in [0.1, 0.15) is 0 Å². The molecule has 1 rings (SSSR count). The second-order valence-corrected chi connectivity index (χ2v) is 6.38. The van der Waals surface area contributed by atoms with Crippen LogP contribution in [0.5, 0.6) is 0 Å². The van der Waals surface area contributed by atoms with Gasteiger partial charge in [-0.2, -0.15) is 5.10 Å². The average molecular weight is 334 g/mol. The first-order chi connectivity index (χ1) is 11.5. The maximum absolute atomic E-state index is 11.7. The summed E-state index contributed by atoms with van der Waals surface area (Å²) in [5, 5.41) is 4.04. The molecule has 5 heteroatoms. The van der Waals surface area contributed by atoms with Crippen LogP contribution in [0.2, 0.25) is 0 Å². The minimum absolute atomic E-state index is 0.0598. The number of nitrogens with one attached hydrogen (secondary N) is 1. The number of unbranched alkanes of at least 4 members (excludes halogenated alkanes) is 3. The molecule has 0 unspecified atom stereocenters. The summed E-state index contributed by atoms with van der Waals surface area (Å²) in [5.74, 6) is 0.347. The van der Waals surface area contributed by atoms with Gasteiger partial charge in [-0.3, -0.25) is 9.59 Å². The van der Waals surface area contributed by atoms with E-state index in [4.69, 9.17) is 0 Å². The molecule has 134 valence electrons. The first kappa shape index (κ1) is 20.1. The zero-order valence-electron chi connectivity index (χ0n) is 15.0. The van der Waals surface area contributed by atoms with Crippen LogP contribution in [0.25, 0.3) is 0 Å². The van der Waals surface area contributed by atoms with E-state index in [-0.39, 0.29) is 11.9 Å². The molecule has 1 atom stereocenters. The van der Waals surface area contributed by atoms with E-state index < -0.39 is 0 Å². The highest BCUT2D eigenvalue weighted by Gasteiger charge is 2.13. The Labute approximate surface area is 145 Å². The van der Waals surface area contributed by atoms with Gasteiger partial charge in [0.15, 0.2) is 0 Å². The van der Waals surface area contributed by atoms with Crippen molar-refractivity contribution in [2.24, 2.45) is 11.0 Å². The van der Waals surface area contributed by atoms with Crippen molar-refractivity contribution in [1.82, 2.24) is 5.43 Å². The Morgan fingerprint density at radius 2 is 2.04 bits per heavy atom. The number of hydrogen-bond donors (Lipinski definition) is 1. The Morgan fingerprint density at radius 3 is 2.62 bits per heavy atom. The first-order valence-corrected chi connectivity index (χ1v) is 8.76. The van der Waals surface area contributed by atoms with Crippen LogP contribution >= 0.6 is 0 Å². The third kappa shape index (κ3) is 8.65. The predicted molar refractivity (Wildman–Crippen MR) is 96.6 cm³/mol. The Hall–Kier alpha value is -1.91. The van der Waals surface area contributed by atoms with Crippen LogP contribution in [0.1, 0.15) is 64.7 Å². The van der Waals surface area contributed by atoms with Crippen molar-refractivity contribution in [3.05, 3.63) is 23.8 Å². The lowest BCUT2D eigenvalue weighted by molar-refractivity contribution is -0.140. The Morgan fingerprint density at radius 1 is 1.33 bits per heavy atom. The number of hydrogen-bond acceptors (Lipinski definition) is 4. The molecule has 1 N–H and O–H groups in total. The Bertz CT molecular complexity index is 495. The standard InChI is InChI=1S/C19H30N2O3/c1-15(2)17-12-10-16(11-13-17)14-20-21-18(22)8-6-4-5-7-9-19(23)24-3/h10,14,17H,1,4-9,11-13H2,2-3H3,(H,21,22)/b20-14+/t17-/m1/s1. The molecule has 0 aromatic heterocycles. The molecule has 5 nitrogen and oxygen atoms in total. The van der Waals surface area contributed by atoms with Gasteiger partial charge in [0.05, 0.1) is 13.3 Å². The number of rotatable bonds is 10. The van der Waals surface area contributed by atoms with Crippen LogP contribution < -0.4 is 5.43 Å². The molecule has 0 heterocycles. The van der Waals surface area contributed by atoms with E-state index in [1.165, 1.54) is 18.3 Å². The van der Waals surface area contributed by atoms with Gasteiger partial charge in [0.25, 0.3) is 0 Å². The van der Waals surface area contributed by atoms with Gasteiger partial charge in [-0.15, -0.1) is 0 Å². The molecule has 0 fully saturated rings. The minimum atomic E-state index is -0.173. The maximum Gasteiger partial charge on any atom is 0.305 e.